The van der Waals surface area contributed by atoms with Crippen LogP contribution in [0.25, 0.3) is 0 Å². The van der Waals surface area contributed by atoms with E-state index in [-0.39, 0.29) is 35.4 Å². The molecular formula is C26H42O7Si. The van der Waals surface area contributed by atoms with Gasteiger partial charge in [0.15, 0.2) is 20.0 Å². The summed E-state index contributed by atoms with van der Waals surface area (Å²) >= 11 is 0. The first-order valence-corrected chi connectivity index (χ1v) is 15.8. The van der Waals surface area contributed by atoms with Crippen molar-refractivity contribution < 1.29 is 33.7 Å². The second-order valence-electron chi connectivity index (χ2n) is 12.8. The summed E-state index contributed by atoms with van der Waals surface area (Å²) in [5.74, 6) is 0.123. The van der Waals surface area contributed by atoms with Crippen LogP contribution in [-0.4, -0.2) is 60.0 Å². The molecule has 4 aliphatic carbocycles. The summed E-state index contributed by atoms with van der Waals surface area (Å²) in [5.41, 5.74) is -4.32. The van der Waals surface area contributed by atoms with Crippen molar-refractivity contribution in [2.24, 2.45) is 34.5 Å². The maximum Gasteiger partial charge on any atom is 0.509 e. The molecule has 5 rings (SSSR count). The number of ketones is 1. The normalized spacial score (nSPS) is 50.9. The zero-order chi connectivity index (χ0) is 25.1. The molecule has 0 aromatic carbocycles. The highest BCUT2D eigenvalue weighted by atomic mass is 28.4. The van der Waals surface area contributed by atoms with Crippen molar-refractivity contribution >= 4 is 20.3 Å². The van der Waals surface area contributed by atoms with Crippen molar-refractivity contribution in [2.45, 2.75) is 115 Å². The molecule has 1 heterocycles. The van der Waals surface area contributed by atoms with Crippen LogP contribution in [0.3, 0.4) is 0 Å². The summed E-state index contributed by atoms with van der Waals surface area (Å²) < 4.78 is 18.0. The molecule has 5 fully saturated rings. The maximum absolute atomic E-state index is 14.6. The highest BCUT2D eigenvalue weighted by Crippen LogP contribution is 2.74. The molecule has 1 saturated heterocycles. The number of hydrogen-bond acceptors (Lipinski definition) is 7. The quantitative estimate of drug-likeness (QED) is 0.439. The van der Waals surface area contributed by atoms with Gasteiger partial charge in [0.1, 0.15) is 17.5 Å². The smallest absolute Gasteiger partial charge is 0.424 e. The Hall–Kier alpha value is -0.963. The van der Waals surface area contributed by atoms with Gasteiger partial charge in [-0.05, 0) is 61.1 Å². The Labute approximate surface area is 204 Å². The van der Waals surface area contributed by atoms with Crippen LogP contribution in [-0.2, 0) is 18.7 Å². The lowest BCUT2D eigenvalue weighted by atomic mass is 9.59. The second kappa shape index (κ2) is 7.30. The lowest BCUT2D eigenvalue weighted by Gasteiger charge is -2.49. The van der Waals surface area contributed by atoms with Crippen LogP contribution in [0.4, 0.5) is 4.79 Å². The SMILES string of the molecule is CC[Si](CC)(CC)O[C@H]1C[C@@H]2C(=O)[C@]3(C[C@]4(C)OC(=O)O[C@@H]4[C@@]3(O)[C@@H]1O)[C@H](C)C[C@@H]1[C@H]2C1(C)C. The number of aliphatic hydroxyl groups excluding tert-OH is 1. The first-order chi connectivity index (χ1) is 15.8. The number of fused-ring (bicyclic) bond motifs is 5. The molecule has 0 unspecified atom stereocenters. The van der Waals surface area contributed by atoms with Gasteiger partial charge >= 0.3 is 6.16 Å². The molecule has 10 atom stereocenters. The predicted molar refractivity (Wildman–Crippen MR) is 127 cm³/mol. The molecule has 0 radical (unpaired) electrons. The Balaban J connectivity index is 1.69. The Bertz CT molecular complexity index is 893. The molecule has 2 bridgehead atoms. The third kappa shape index (κ3) is 2.74. The van der Waals surface area contributed by atoms with Gasteiger partial charge < -0.3 is 24.1 Å². The Morgan fingerprint density at radius 3 is 2.29 bits per heavy atom. The third-order valence-electron chi connectivity index (χ3n) is 11.3. The topological polar surface area (TPSA) is 102 Å². The molecule has 7 nitrogen and oxygen atoms in total. The van der Waals surface area contributed by atoms with Crippen LogP contribution in [0.5, 0.6) is 0 Å². The highest BCUT2D eigenvalue weighted by Gasteiger charge is 2.84. The van der Waals surface area contributed by atoms with E-state index in [1.807, 2.05) is 6.92 Å². The van der Waals surface area contributed by atoms with Crippen molar-refractivity contribution in [3.8, 4) is 0 Å². The molecule has 8 heteroatoms. The number of ether oxygens (including phenoxy) is 2. The van der Waals surface area contributed by atoms with Gasteiger partial charge in [0.2, 0.25) is 0 Å². The lowest BCUT2D eigenvalue weighted by Crippen LogP contribution is -2.67. The first-order valence-electron chi connectivity index (χ1n) is 13.3. The number of rotatable bonds is 5. The van der Waals surface area contributed by atoms with E-state index in [1.54, 1.807) is 6.92 Å². The van der Waals surface area contributed by atoms with Gasteiger partial charge in [0.05, 0.1) is 11.5 Å². The van der Waals surface area contributed by atoms with Gasteiger partial charge in [0, 0.05) is 12.3 Å². The number of aliphatic hydroxyl groups is 2. The van der Waals surface area contributed by atoms with E-state index < -0.39 is 49.4 Å². The summed E-state index contributed by atoms with van der Waals surface area (Å²) in [4.78, 5) is 26.8. The highest BCUT2D eigenvalue weighted by molar-refractivity contribution is 6.73. The summed E-state index contributed by atoms with van der Waals surface area (Å²) in [6, 6.07) is 2.70. The van der Waals surface area contributed by atoms with Crippen molar-refractivity contribution in [1.82, 2.24) is 0 Å². The van der Waals surface area contributed by atoms with Crippen molar-refractivity contribution in [2.75, 3.05) is 0 Å². The molecule has 4 saturated carbocycles. The minimum atomic E-state index is -2.18. The van der Waals surface area contributed by atoms with E-state index in [4.69, 9.17) is 13.9 Å². The fourth-order valence-electron chi connectivity index (χ4n) is 9.08. The summed E-state index contributed by atoms with van der Waals surface area (Å²) in [5, 5.41) is 24.6. The van der Waals surface area contributed by atoms with Crippen LogP contribution in [0.1, 0.15) is 67.7 Å². The van der Waals surface area contributed by atoms with Gasteiger partial charge in [-0.3, -0.25) is 4.79 Å². The van der Waals surface area contributed by atoms with Gasteiger partial charge in [0.25, 0.3) is 0 Å². The minimum absolute atomic E-state index is 0.0118. The molecule has 5 aliphatic rings. The second-order valence-corrected chi connectivity index (χ2v) is 17.5. The minimum Gasteiger partial charge on any atom is -0.424 e. The monoisotopic (exact) mass is 494 g/mol. The van der Waals surface area contributed by atoms with E-state index in [2.05, 4.69) is 34.6 Å². The average Bonchev–Trinajstić information content (AvgIpc) is 3.11. The molecule has 0 amide bonds. The molecule has 34 heavy (non-hydrogen) atoms. The van der Waals surface area contributed by atoms with Gasteiger partial charge in [-0.15, -0.1) is 0 Å². The summed E-state index contributed by atoms with van der Waals surface area (Å²) in [6.45, 7) is 14.6. The number of Topliss-reactive ketones (excluding diaryl/α,β-unsaturated/α-hetero) is 1. The van der Waals surface area contributed by atoms with Gasteiger partial charge in [-0.25, -0.2) is 4.79 Å². The molecule has 1 spiro atoms. The Morgan fingerprint density at radius 1 is 1.09 bits per heavy atom. The zero-order valence-electron chi connectivity index (χ0n) is 21.7. The third-order valence-corrected chi connectivity index (χ3v) is 15.9. The first kappa shape index (κ1) is 24.7. The predicted octanol–water partition coefficient (Wildman–Crippen LogP) is 4.05. The Morgan fingerprint density at radius 2 is 1.71 bits per heavy atom. The molecule has 2 N–H and O–H groups in total. The fourth-order valence-corrected chi connectivity index (χ4v) is 11.9. The van der Waals surface area contributed by atoms with Crippen molar-refractivity contribution in [3.05, 3.63) is 0 Å². The van der Waals surface area contributed by atoms with Crippen LogP contribution >= 0.6 is 0 Å². The zero-order valence-corrected chi connectivity index (χ0v) is 22.7. The maximum atomic E-state index is 14.6. The molecule has 1 aliphatic heterocycles. The van der Waals surface area contributed by atoms with Crippen LogP contribution < -0.4 is 0 Å². The molecule has 0 aromatic heterocycles. The van der Waals surface area contributed by atoms with Crippen LogP contribution in [0.2, 0.25) is 18.1 Å². The van der Waals surface area contributed by atoms with E-state index in [0.29, 0.717) is 12.3 Å². The summed E-state index contributed by atoms with van der Waals surface area (Å²) in [7, 11) is -2.18. The van der Waals surface area contributed by atoms with Crippen molar-refractivity contribution in [3.63, 3.8) is 0 Å². The lowest BCUT2D eigenvalue weighted by molar-refractivity contribution is -0.213. The molecule has 0 aromatic rings. The fraction of sp³-hybridized carbons (Fsp3) is 0.923. The van der Waals surface area contributed by atoms with E-state index in [1.165, 1.54) is 0 Å². The Kier molecular flexibility index (Phi) is 5.30. The molecule has 192 valence electrons. The average molecular weight is 495 g/mol. The van der Waals surface area contributed by atoms with Crippen LogP contribution in [0, 0.1) is 34.5 Å². The number of carbonyl (C=O) groups is 2. The molecular weight excluding hydrogens is 452 g/mol. The number of hydrogen-bond donors (Lipinski definition) is 2. The van der Waals surface area contributed by atoms with Gasteiger partial charge in [-0.1, -0.05) is 41.5 Å². The van der Waals surface area contributed by atoms with E-state index in [9.17, 15) is 19.8 Å². The number of carbonyl (C=O) groups excluding carboxylic acids is 2. The van der Waals surface area contributed by atoms with Gasteiger partial charge in [-0.2, -0.15) is 0 Å². The summed E-state index contributed by atoms with van der Waals surface area (Å²) in [6.07, 6.45) is -2.61. The largest absolute Gasteiger partial charge is 0.509 e. The van der Waals surface area contributed by atoms with E-state index in [0.717, 1.165) is 24.6 Å². The van der Waals surface area contributed by atoms with Crippen molar-refractivity contribution in [1.29, 1.82) is 0 Å². The van der Waals surface area contributed by atoms with E-state index >= 15 is 0 Å². The van der Waals surface area contributed by atoms with Crippen LogP contribution in [0.15, 0.2) is 0 Å². The standard InChI is InChI=1S/C26H42O7Si/c1-8-34(9-2,10-3)33-17-12-15-18-16(23(18,5)6)11-14(4)25(19(15)27)13-24(7)21(31-22(29)32-24)26(25,30)20(17)28/h14-18,20-21,28,30H,8-13H2,1-7H3/t14-,15+,16-,17+,18+,20-,21+,24+,25+,26+/m1/s1.